The van der Waals surface area contributed by atoms with E-state index in [0.29, 0.717) is 12.1 Å². The van der Waals surface area contributed by atoms with E-state index in [1.165, 1.54) is 0 Å². The van der Waals surface area contributed by atoms with E-state index >= 15 is 0 Å². The summed E-state index contributed by atoms with van der Waals surface area (Å²) in [5.41, 5.74) is 2.84. The molecule has 2 rings (SSSR count). The molecule has 1 heterocycles. The van der Waals surface area contributed by atoms with Crippen LogP contribution >= 0.6 is 15.9 Å². The lowest BCUT2D eigenvalue weighted by Crippen LogP contribution is -2.26. The highest BCUT2D eigenvalue weighted by molar-refractivity contribution is 9.10. The second kappa shape index (κ2) is 6.02. The zero-order valence-corrected chi connectivity index (χ0v) is 12.6. The van der Waals surface area contributed by atoms with Gasteiger partial charge in [0.2, 0.25) is 0 Å². The molecule has 0 saturated carbocycles. The van der Waals surface area contributed by atoms with Crippen LogP contribution in [0, 0.1) is 6.92 Å². The Kier molecular flexibility index (Phi) is 4.37. The Bertz CT molecular complexity index is 592. The highest BCUT2D eigenvalue weighted by Crippen LogP contribution is 2.20. The minimum absolute atomic E-state index is 0.0561. The molecule has 0 radical (unpaired) electrons. The number of rotatable bonds is 4. The SMILES string of the molecule is Cc1cccc(C(=O)NCCc2cnn(C)c2)c1Br. The van der Waals surface area contributed by atoms with E-state index in [4.69, 9.17) is 0 Å². The van der Waals surface area contributed by atoms with Crippen molar-refractivity contribution in [2.75, 3.05) is 6.54 Å². The molecule has 4 nitrogen and oxygen atoms in total. The van der Waals surface area contributed by atoms with Gasteiger partial charge in [0, 0.05) is 24.3 Å². The van der Waals surface area contributed by atoms with Crippen molar-refractivity contribution < 1.29 is 4.79 Å². The van der Waals surface area contributed by atoms with Gasteiger partial charge in [0.1, 0.15) is 0 Å². The van der Waals surface area contributed by atoms with Crippen LogP contribution in [0.25, 0.3) is 0 Å². The van der Waals surface area contributed by atoms with Crippen molar-refractivity contribution in [1.29, 1.82) is 0 Å². The van der Waals surface area contributed by atoms with Gasteiger partial charge in [-0.3, -0.25) is 9.48 Å². The van der Waals surface area contributed by atoms with E-state index in [2.05, 4.69) is 26.3 Å². The van der Waals surface area contributed by atoms with Crippen LogP contribution in [0.5, 0.6) is 0 Å². The van der Waals surface area contributed by atoms with Crippen LogP contribution in [0.4, 0.5) is 0 Å². The molecule has 0 bridgehead atoms. The van der Waals surface area contributed by atoms with Crippen LogP contribution in [-0.4, -0.2) is 22.2 Å². The molecule has 1 aromatic carbocycles. The van der Waals surface area contributed by atoms with Gasteiger partial charge in [-0.15, -0.1) is 0 Å². The van der Waals surface area contributed by atoms with Crippen molar-refractivity contribution in [3.05, 3.63) is 51.8 Å². The van der Waals surface area contributed by atoms with Crippen LogP contribution in [0.2, 0.25) is 0 Å². The van der Waals surface area contributed by atoms with Crippen LogP contribution < -0.4 is 5.32 Å². The molecular weight excluding hydrogens is 306 g/mol. The standard InChI is InChI=1S/C14H16BrN3O/c1-10-4-3-5-12(13(10)15)14(19)16-7-6-11-8-17-18(2)9-11/h3-5,8-9H,6-7H2,1-2H3,(H,16,19). The molecule has 0 aliphatic rings. The summed E-state index contributed by atoms with van der Waals surface area (Å²) in [5, 5.41) is 7.01. The average Bonchev–Trinajstić information content (AvgIpc) is 2.78. The van der Waals surface area contributed by atoms with Crippen molar-refractivity contribution >= 4 is 21.8 Å². The number of aryl methyl sites for hydroxylation is 2. The van der Waals surface area contributed by atoms with E-state index in [-0.39, 0.29) is 5.91 Å². The van der Waals surface area contributed by atoms with Crippen molar-refractivity contribution in [2.45, 2.75) is 13.3 Å². The maximum absolute atomic E-state index is 12.1. The third kappa shape index (κ3) is 3.44. The van der Waals surface area contributed by atoms with Crippen LogP contribution in [0.3, 0.4) is 0 Å². The first-order valence-corrected chi connectivity index (χ1v) is 6.88. The van der Waals surface area contributed by atoms with Gasteiger partial charge < -0.3 is 5.32 Å². The number of benzene rings is 1. The van der Waals surface area contributed by atoms with Gasteiger partial charge in [-0.25, -0.2) is 0 Å². The Labute approximate surface area is 120 Å². The molecule has 0 saturated heterocycles. The largest absolute Gasteiger partial charge is 0.352 e. The lowest BCUT2D eigenvalue weighted by molar-refractivity contribution is 0.0953. The maximum atomic E-state index is 12.1. The summed E-state index contributed by atoms with van der Waals surface area (Å²) in [6, 6.07) is 5.67. The number of amides is 1. The summed E-state index contributed by atoms with van der Waals surface area (Å²) >= 11 is 3.45. The minimum atomic E-state index is -0.0561. The van der Waals surface area contributed by atoms with Gasteiger partial charge in [0.25, 0.3) is 5.91 Å². The van der Waals surface area contributed by atoms with Crippen LogP contribution in [0.1, 0.15) is 21.5 Å². The van der Waals surface area contributed by atoms with Crippen molar-refractivity contribution in [1.82, 2.24) is 15.1 Å². The number of aromatic nitrogens is 2. The number of hydrogen-bond donors (Lipinski definition) is 1. The third-order valence-corrected chi connectivity index (χ3v) is 3.95. The van der Waals surface area contributed by atoms with Crippen LogP contribution in [0.15, 0.2) is 35.1 Å². The number of hydrogen-bond acceptors (Lipinski definition) is 2. The van der Waals surface area contributed by atoms with Gasteiger partial charge >= 0.3 is 0 Å². The summed E-state index contributed by atoms with van der Waals surface area (Å²) in [5.74, 6) is -0.0561. The third-order valence-electron chi connectivity index (χ3n) is 2.89. The first-order valence-electron chi connectivity index (χ1n) is 6.09. The summed E-state index contributed by atoms with van der Waals surface area (Å²) in [6.45, 7) is 2.57. The topological polar surface area (TPSA) is 46.9 Å². The van der Waals surface area contributed by atoms with Gasteiger partial charge in [0.15, 0.2) is 0 Å². The number of nitrogens with one attached hydrogen (secondary N) is 1. The summed E-state index contributed by atoms with van der Waals surface area (Å²) in [6.07, 6.45) is 4.55. The molecule has 5 heteroatoms. The van der Waals surface area contributed by atoms with E-state index in [1.807, 2.05) is 44.6 Å². The monoisotopic (exact) mass is 321 g/mol. The van der Waals surface area contributed by atoms with Gasteiger partial charge in [-0.1, -0.05) is 12.1 Å². The highest BCUT2D eigenvalue weighted by Gasteiger charge is 2.10. The number of nitrogens with zero attached hydrogens (tertiary/aromatic N) is 2. The van der Waals surface area contributed by atoms with Crippen molar-refractivity contribution in [3.63, 3.8) is 0 Å². The summed E-state index contributed by atoms with van der Waals surface area (Å²) < 4.78 is 2.61. The molecule has 0 spiro atoms. The first kappa shape index (κ1) is 13.8. The second-order valence-electron chi connectivity index (χ2n) is 4.46. The van der Waals surface area contributed by atoms with Crippen molar-refractivity contribution in [2.24, 2.45) is 7.05 Å². The second-order valence-corrected chi connectivity index (χ2v) is 5.26. The molecule has 100 valence electrons. The molecule has 19 heavy (non-hydrogen) atoms. The Morgan fingerprint density at radius 1 is 1.47 bits per heavy atom. The highest BCUT2D eigenvalue weighted by atomic mass is 79.9. The fourth-order valence-corrected chi connectivity index (χ4v) is 2.28. The van der Waals surface area contributed by atoms with Crippen LogP contribution in [-0.2, 0) is 13.5 Å². The number of carbonyl (C=O) groups is 1. The van der Waals surface area contributed by atoms with E-state index in [9.17, 15) is 4.79 Å². The molecule has 2 aromatic rings. The Morgan fingerprint density at radius 2 is 2.26 bits per heavy atom. The van der Waals surface area contributed by atoms with Gasteiger partial charge in [-0.2, -0.15) is 5.10 Å². The van der Waals surface area contributed by atoms with Gasteiger partial charge in [-0.05, 0) is 46.5 Å². The first-order chi connectivity index (χ1) is 9.08. The molecule has 1 N–H and O–H groups in total. The predicted octanol–water partition coefficient (Wildman–Crippen LogP) is 2.46. The zero-order chi connectivity index (χ0) is 13.8. The summed E-state index contributed by atoms with van der Waals surface area (Å²) in [7, 11) is 1.88. The lowest BCUT2D eigenvalue weighted by Gasteiger charge is -2.07. The number of halogens is 1. The Morgan fingerprint density at radius 3 is 2.95 bits per heavy atom. The quantitative estimate of drug-likeness (QED) is 0.940. The van der Waals surface area contributed by atoms with E-state index < -0.39 is 0 Å². The molecule has 0 aliphatic heterocycles. The van der Waals surface area contributed by atoms with E-state index in [0.717, 1.165) is 22.0 Å². The van der Waals surface area contributed by atoms with Gasteiger partial charge in [0.05, 0.1) is 11.8 Å². The van der Waals surface area contributed by atoms with Crippen molar-refractivity contribution in [3.8, 4) is 0 Å². The van der Waals surface area contributed by atoms with E-state index in [1.54, 1.807) is 4.68 Å². The molecule has 0 unspecified atom stereocenters. The fourth-order valence-electron chi connectivity index (χ4n) is 1.84. The molecule has 0 atom stereocenters. The number of carbonyl (C=O) groups excluding carboxylic acids is 1. The molecular formula is C14H16BrN3O. The Hall–Kier alpha value is -1.62. The minimum Gasteiger partial charge on any atom is -0.352 e. The lowest BCUT2D eigenvalue weighted by atomic mass is 10.1. The Balaban J connectivity index is 1.93. The maximum Gasteiger partial charge on any atom is 0.252 e. The fraction of sp³-hybridized carbons (Fsp3) is 0.286. The summed E-state index contributed by atoms with van der Waals surface area (Å²) in [4.78, 5) is 12.1. The normalized spacial score (nSPS) is 10.5. The average molecular weight is 322 g/mol. The smallest absolute Gasteiger partial charge is 0.252 e. The molecule has 1 amide bonds. The molecule has 1 aromatic heterocycles. The molecule has 0 aliphatic carbocycles. The predicted molar refractivity (Wildman–Crippen MR) is 78.1 cm³/mol. The zero-order valence-electron chi connectivity index (χ0n) is 11.0. The molecule has 0 fully saturated rings.